The van der Waals surface area contributed by atoms with E-state index in [1.54, 1.807) is 6.20 Å². The molecule has 0 saturated heterocycles. The second-order valence-electron chi connectivity index (χ2n) is 2.94. The highest BCUT2D eigenvalue weighted by atomic mass is 14.9. The van der Waals surface area contributed by atoms with Crippen molar-refractivity contribution in [3.8, 4) is 11.3 Å². The molecule has 0 atom stereocenters. The summed E-state index contributed by atoms with van der Waals surface area (Å²) < 4.78 is 2.08. The summed E-state index contributed by atoms with van der Waals surface area (Å²) in [4.78, 5) is 4.09. The second-order valence-corrected chi connectivity index (χ2v) is 2.94. The molecule has 2 aromatic heterocycles. The van der Waals surface area contributed by atoms with Gasteiger partial charge in [-0.05, 0) is 18.2 Å². The fourth-order valence-electron chi connectivity index (χ4n) is 1.34. The topological polar surface area (TPSA) is 16.8 Å². The van der Waals surface area contributed by atoms with Crippen molar-refractivity contribution in [3.05, 3.63) is 48.9 Å². The Labute approximate surface area is 77.5 Å². The molecule has 2 aromatic rings. The fourth-order valence-corrected chi connectivity index (χ4v) is 1.34. The smallest absolute Gasteiger partial charge is 0.213 e. The Hall–Kier alpha value is -1.70. The van der Waals surface area contributed by atoms with Crippen LogP contribution in [0.25, 0.3) is 11.3 Å². The van der Waals surface area contributed by atoms with Gasteiger partial charge in [-0.1, -0.05) is 0 Å². The average Bonchev–Trinajstić information content (AvgIpc) is 2.20. The molecule has 0 saturated carbocycles. The summed E-state index contributed by atoms with van der Waals surface area (Å²) in [5, 5.41) is 0. The largest absolute Gasteiger partial charge is 0.264 e. The Morgan fingerprint density at radius 3 is 2.77 bits per heavy atom. The van der Waals surface area contributed by atoms with Gasteiger partial charge in [0.1, 0.15) is 7.05 Å². The van der Waals surface area contributed by atoms with Gasteiger partial charge in [0.15, 0.2) is 6.20 Å². The first-order chi connectivity index (χ1) is 6.38. The minimum Gasteiger partial charge on any atom is -0.264 e. The van der Waals surface area contributed by atoms with Crippen molar-refractivity contribution in [3.63, 3.8) is 0 Å². The number of hydrogen-bond donors (Lipinski definition) is 0. The molecule has 0 bridgehead atoms. The lowest BCUT2D eigenvalue weighted by atomic mass is 10.2. The van der Waals surface area contributed by atoms with Crippen LogP contribution < -0.4 is 4.57 Å². The molecule has 64 valence electrons. The molecule has 0 aromatic carbocycles. The number of nitrogens with zero attached hydrogens (tertiary/aromatic N) is 2. The summed E-state index contributed by atoms with van der Waals surface area (Å²) in [7, 11) is 2.03. The van der Waals surface area contributed by atoms with Gasteiger partial charge in [-0.25, -0.2) is 4.57 Å². The van der Waals surface area contributed by atoms with Crippen LogP contribution in [-0.4, -0.2) is 4.98 Å². The van der Waals surface area contributed by atoms with E-state index in [4.69, 9.17) is 0 Å². The third-order valence-electron chi connectivity index (χ3n) is 2.01. The minimum atomic E-state index is 1.14. The first-order valence-corrected chi connectivity index (χ1v) is 4.23. The Bertz CT molecular complexity index is 396. The van der Waals surface area contributed by atoms with Crippen LogP contribution in [0.4, 0.5) is 0 Å². The van der Waals surface area contributed by atoms with E-state index in [1.165, 1.54) is 5.69 Å². The van der Waals surface area contributed by atoms with E-state index in [2.05, 4.69) is 21.7 Å². The zero-order valence-electron chi connectivity index (χ0n) is 7.51. The van der Waals surface area contributed by atoms with E-state index in [9.17, 15) is 0 Å². The van der Waals surface area contributed by atoms with E-state index < -0.39 is 0 Å². The maximum Gasteiger partial charge on any atom is 0.213 e. The Balaban J connectivity index is 2.54. The van der Waals surface area contributed by atoms with Crippen molar-refractivity contribution in [2.45, 2.75) is 0 Å². The summed E-state index contributed by atoms with van der Waals surface area (Å²) in [5.74, 6) is 0. The van der Waals surface area contributed by atoms with Crippen molar-refractivity contribution < 1.29 is 4.57 Å². The lowest BCUT2D eigenvalue weighted by molar-refractivity contribution is -0.660. The predicted octanol–water partition coefficient (Wildman–Crippen LogP) is 1.57. The molecular weight excluding hydrogens is 160 g/mol. The lowest BCUT2D eigenvalue weighted by Crippen LogP contribution is -2.29. The van der Waals surface area contributed by atoms with E-state index in [-0.39, 0.29) is 0 Å². The average molecular weight is 171 g/mol. The summed E-state index contributed by atoms with van der Waals surface area (Å²) >= 11 is 0. The highest BCUT2D eigenvalue weighted by Gasteiger charge is 2.06. The first-order valence-electron chi connectivity index (χ1n) is 4.23. The molecule has 13 heavy (non-hydrogen) atoms. The van der Waals surface area contributed by atoms with Gasteiger partial charge in [0.25, 0.3) is 0 Å². The third kappa shape index (κ3) is 1.56. The van der Waals surface area contributed by atoms with E-state index >= 15 is 0 Å². The number of pyridine rings is 2. The summed E-state index contributed by atoms with van der Waals surface area (Å²) in [5.41, 5.74) is 2.32. The predicted molar refractivity (Wildman–Crippen MR) is 50.8 cm³/mol. The van der Waals surface area contributed by atoms with Gasteiger partial charge in [0, 0.05) is 24.5 Å². The highest BCUT2D eigenvalue weighted by molar-refractivity contribution is 5.53. The van der Waals surface area contributed by atoms with Gasteiger partial charge in [-0.3, -0.25) is 4.98 Å². The lowest BCUT2D eigenvalue weighted by Gasteiger charge is -1.97. The summed E-state index contributed by atoms with van der Waals surface area (Å²) in [6.07, 6.45) is 5.68. The van der Waals surface area contributed by atoms with Crippen LogP contribution in [0.3, 0.4) is 0 Å². The van der Waals surface area contributed by atoms with Gasteiger partial charge < -0.3 is 0 Å². The molecule has 0 amide bonds. The molecule has 2 heterocycles. The molecule has 0 spiro atoms. The van der Waals surface area contributed by atoms with Crippen LogP contribution in [0.1, 0.15) is 0 Å². The SMILES string of the molecule is C[n+]1ccccc1-c1cccnc1. The van der Waals surface area contributed by atoms with Crippen molar-refractivity contribution in [2.75, 3.05) is 0 Å². The highest BCUT2D eigenvalue weighted by Crippen LogP contribution is 2.11. The van der Waals surface area contributed by atoms with Crippen LogP contribution >= 0.6 is 0 Å². The zero-order valence-corrected chi connectivity index (χ0v) is 7.51. The van der Waals surface area contributed by atoms with Crippen LogP contribution in [-0.2, 0) is 7.05 Å². The molecule has 0 N–H and O–H groups in total. The maximum atomic E-state index is 4.09. The van der Waals surface area contributed by atoms with E-state index in [0.717, 1.165) is 5.56 Å². The molecular formula is C11H11N2+. The van der Waals surface area contributed by atoms with Gasteiger partial charge in [0.2, 0.25) is 5.69 Å². The monoisotopic (exact) mass is 171 g/mol. The second kappa shape index (κ2) is 3.35. The van der Waals surface area contributed by atoms with Gasteiger partial charge in [-0.2, -0.15) is 0 Å². The Morgan fingerprint density at radius 1 is 1.15 bits per heavy atom. The van der Waals surface area contributed by atoms with Crippen LogP contribution in [0.15, 0.2) is 48.9 Å². The zero-order chi connectivity index (χ0) is 9.10. The van der Waals surface area contributed by atoms with Crippen LogP contribution in [0, 0.1) is 0 Å². The van der Waals surface area contributed by atoms with Gasteiger partial charge in [0.05, 0.1) is 5.56 Å². The van der Waals surface area contributed by atoms with E-state index in [0.29, 0.717) is 0 Å². The number of hydrogen-bond acceptors (Lipinski definition) is 1. The van der Waals surface area contributed by atoms with Crippen molar-refractivity contribution in [1.29, 1.82) is 0 Å². The summed E-state index contributed by atoms with van der Waals surface area (Å²) in [6.45, 7) is 0. The van der Waals surface area contributed by atoms with Crippen molar-refractivity contribution in [1.82, 2.24) is 4.98 Å². The molecule has 0 unspecified atom stereocenters. The van der Waals surface area contributed by atoms with E-state index in [1.807, 2.05) is 37.6 Å². The van der Waals surface area contributed by atoms with Crippen LogP contribution in [0.2, 0.25) is 0 Å². The molecule has 0 aliphatic heterocycles. The molecule has 0 aliphatic carbocycles. The third-order valence-corrected chi connectivity index (χ3v) is 2.01. The quantitative estimate of drug-likeness (QED) is 0.595. The first kappa shape index (κ1) is 7.92. The normalized spacial score (nSPS) is 9.92. The standard InChI is InChI=1S/C11H11N2/c1-13-8-3-2-6-11(13)10-5-4-7-12-9-10/h2-9H,1H3/q+1. The number of aromatic nitrogens is 2. The van der Waals surface area contributed by atoms with Crippen molar-refractivity contribution >= 4 is 0 Å². The Morgan fingerprint density at radius 2 is 2.08 bits per heavy atom. The molecule has 0 fully saturated rings. The molecule has 0 aliphatic rings. The van der Waals surface area contributed by atoms with Crippen molar-refractivity contribution in [2.24, 2.45) is 7.05 Å². The number of rotatable bonds is 1. The molecule has 2 rings (SSSR count). The van der Waals surface area contributed by atoms with Gasteiger partial charge >= 0.3 is 0 Å². The number of aryl methyl sites for hydroxylation is 1. The Kier molecular flexibility index (Phi) is 2.04. The van der Waals surface area contributed by atoms with Gasteiger partial charge in [-0.15, -0.1) is 0 Å². The fraction of sp³-hybridized carbons (Fsp3) is 0.0909. The maximum absolute atomic E-state index is 4.09. The van der Waals surface area contributed by atoms with Crippen LogP contribution in [0.5, 0.6) is 0 Å². The minimum absolute atomic E-state index is 1.14. The molecule has 2 heteroatoms. The molecule has 2 nitrogen and oxygen atoms in total. The molecule has 0 radical (unpaired) electrons. The summed E-state index contributed by atoms with van der Waals surface area (Å²) in [6, 6.07) is 10.1.